The normalized spacial score (nSPS) is 39.0. The van der Waals surface area contributed by atoms with Crippen molar-refractivity contribution in [3.8, 4) is 0 Å². The summed E-state index contributed by atoms with van der Waals surface area (Å²) in [5, 5.41) is 18.2. The number of hydrogen-bond donors (Lipinski definition) is 3. The number of likely N-dealkylation sites (tertiary alicyclic amines) is 1. The smallest absolute Gasteiger partial charge is 0.0897 e. The summed E-state index contributed by atoms with van der Waals surface area (Å²) in [7, 11) is 0. The van der Waals surface area contributed by atoms with Gasteiger partial charge in [0.1, 0.15) is 0 Å². The van der Waals surface area contributed by atoms with E-state index in [1.165, 1.54) is 12.8 Å². The van der Waals surface area contributed by atoms with Gasteiger partial charge in [0.25, 0.3) is 0 Å². The van der Waals surface area contributed by atoms with Gasteiger partial charge in [-0.05, 0) is 24.7 Å². The van der Waals surface area contributed by atoms with Crippen LogP contribution in [-0.4, -0.2) is 53.5 Å². The summed E-state index contributed by atoms with van der Waals surface area (Å²) in [4.78, 5) is 2.25. The van der Waals surface area contributed by atoms with E-state index in [0.29, 0.717) is 18.5 Å². The number of rotatable bonds is 3. The van der Waals surface area contributed by atoms with Crippen LogP contribution in [-0.2, 0) is 0 Å². The first-order chi connectivity index (χ1) is 7.20. The zero-order chi connectivity index (χ0) is 10.8. The minimum atomic E-state index is -0.596. The Morgan fingerprint density at radius 2 is 2.13 bits per heavy atom. The number of nitrogens with two attached hydrogens (primary N) is 1. The highest BCUT2D eigenvalue weighted by Gasteiger charge is 2.38. The highest BCUT2D eigenvalue weighted by Crippen LogP contribution is 2.35. The number of fused-ring (bicyclic) bond motifs is 1. The third kappa shape index (κ3) is 2.50. The Kier molecular flexibility index (Phi) is 3.61. The second-order valence-electron chi connectivity index (χ2n) is 5.07. The fraction of sp³-hybridized carbons (Fsp3) is 1.00. The molecule has 4 nitrogen and oxygen atoms in total. The fourth-order valence-corrected chi connectivity index (χ4v) is 3.11. The van der Waals surface area contributed by atoms with Crippen LogP contribution in [0.4, 0.5) is 0 Å². The van der Waals surface area contributed by atoms with E-state index in [1.54, 1.807) is 0 Å². The van der Waals surface area contributed by atoms with Gasteiger partial charge in [-0.25, -0.2) is 0 Å². The van der Waals surface area contributed by atoms with Crippen LogP contribution < -0.4 is 5.73 Å². The Hall–Kier alpha value is -0.160. The highest BCUT2D eigenvalue weighted by molar-refractivity contribution is 4.93. The summed E-state index contributed by atoms with van der Waals surface area (Å²) in [5.74, 6) is 1.34. The Balaban J connectivity index is 1.87. The molecule has 15 heavy (non-hydrogen) atoms. The first-order valence-corrected chi connectivity index (χ1v) is 5.97. The van der Waals surface area contributed by atoms with Crippen LogP contribution in [0.3, 0.4) is 0 Å². The Labute approximate surface area is 91.1 Å². The number of β-amino-alcohol motifs (C(OH)–C–C–N with tert-alkyl or cyclic N) is 1. The van der Waals surface area contributed by atoms with Gasteiger partial charge in [0.05, 0.1) is 12.7 Å². The van der Waals surface area contributed by atoms with Crippen LogP contribution in [0.1, 0.15) is 19.3 Å². The van der Waals surface area contributed by atoms with Gasteiger partial charge < -0.3 is 20.8 Å². The molecule has 4 atom stereocenters. The quantitative estimate of drug-likeness (QED) is 0.587. The molecule has 1 aliphatic carbocycles. The monoisotopic (exact) mass is 214 g/mol. The van der Waals surface area contributed by atoms with Crippen molar-refractivity contribution in [3.63, 3.8) is 0 Å². The van der Waals surface area contributed by atoms with Gasteiger partial charge in [-0.3, -0.25) is 0 Å². The van der Waals surface area contributed by atoms with E-state index in [9.17, 15) is 5.11 Å². The molecule has 1 aliphatic heterocycles. The van der Waals surface area contributed by atoms with Crippen LogP contribution in [0.25, 0.3) is 0 Å². The molecule has 0 aromatic carbocycles. The Bertz CT molecular complexity index is 213. The van der Waals surface area contributed by atoms with Crippen molar-refractivity contribution in [2.45, 2.75) is 31.4 Å². The van der Waals surface area contributed by atoms with Crippen LogP contribution >= 0.6 is 0 Å². The molecule has 4 heteroatoms. The predicted octanol–water partition coefficient (Wildman–Crippen LogP) is -0.601. The molecule has 0 spiro atoms. The molecule has 0 aromatic rings. The number of aliphatic hydroxyl groups excluding tert-OH is 2. The first-order valence-electron chi connectivity index (χ1n) is 5.97. The molecular weight excluding hydrogens is 192 g/mol. The minimum absolute atomic E-state index is 0.141. The molecule has 0 bridgehead atoms. The second kappa shape index (κ2) is 4.78. The van der Waals surface area contributed by atoms with E-state index in [1.807, 2.05) is 0 Å². The summed E-state index contributed by atoms with van der Waals surface area (Å²) >= 11 is 0. The second-order valence-corrected chi connectivity index (χ2v) is 5.07. The maximum Gasteiger partial charge on any atom is 0.0897 e. The summed E-state index contributed by atoms with van der Waals surface area (Å²) in [6.45, 7) is 2.51. The summed E-state index contributed by atoms with van der Waals surface area (Å²) < 4.78 is 0. The number of hydrogen-bond acceptors (Lipinski definition) is 4. The summed E-state index contributed by atoms with van der Waals surface area (Å²) in [5.41, 5.74) is 6.11. The molecular formula is C11H22N2O2. The third-order valence-electron chi connectivity index (χ3n) is 3.91. The van der Waals surface area contributed by atoms with Crippen molar-refractivity contribution in [1.29, 1.82) is 0 Å². The average molecular weight is 214 g/mol. The van der Waals surface area contributed by atoms with E-state index in [0.717, 1.165) is 25.4 Å². The van der Waals surface area contributed by atoms with Gasteiger partial charge in [0.2, 0.25) is 0 Å². The van der Waals surface area contributed by atoms with Crippen molar-refractivity contribution in [2.24, 2.45) is 17.6 Å². The van der Waals surface area contributed by atoms with Gasteiger partial charge in [-0.15, -0.1) is 0 Å². The van der Waals surface area contributed by atoms with Crippen molar-refractivity contribution in [2.75, 3.05) is 26.2 Å². The maximum atomic E-state index is 9.39. The zero-order valence-electron chi connectivity index (χ0n) is 9.18. The molecule has 2 rings (SSSR count). The largest absolute Gasteiger partial charge is 0.394 e. The molecule has 0 radical (unpaired) electrons. The lowest BCUT2D eigenvalue weighted by molar-refractivity contribution is 0.0644. The number of aliphatic hydroxyl groups is 2. The molecule has 0 amide bonds. The van der Waals surface area contributed by atoms with E-state index < -0.39 is 6.10 Å². The fourth-order valence-electron chi connectivity index (χ4n) is 3.11. The highest BCUT2D eigenvalue weighted by atomic mass is 16.3. The Morgan fingerprint density at radius 1 is 1.33 bits per heavy atom. The number of nitrogens with zero attached hydrogens (tertiary/aromatic N) is 1. The summed E-state index contributed by atoms with van der Waals surface area (Å²) in [6, 6.07) is 0.347. The van der Waals surface area contributed by atoms with Gasteiger partial charge >= 0.3 is 0 Å². The lowest BCUT2D eigenvalue weighted by atomic mass is 9.78. The standard InChI is InChI=1S/C11H22N2O2/c12-11-3-1-2-8-4-13(6-10(8)11)5-9(15)7-14/h8-11,14-15H,1-7,12H2. The molecule has 2 aliphatic rings. The van der Waals surface area contributed by atoms with Crippen LogP contribution in [0.2, 0.25) is 0 Å². The van der Waals surface area contributed by atoms with Gasteiger partial charge in [0.15, 0.2) is 0 Å². The van der Waals surface area contributed by atoms with Gasteiger partial charge in [-0.2, -0.15) is 0 Å². The third-order valence-corrected chi connectivity index (χ3v) is 3.91. The summed E-state index contributed by atoms with van der Waals surface area (Å²) in [6.07, 6.45) is 3.08. The van der Waals surface area contributed by atoms with Crippen LogP contribution in [0.15, 0.2) is 0 Å². The van der Waals surface area contributed by atoms with Gasteiger partial charge in [0, 0.05) is 25.7 Å². The predicted molar refractivity (Wildman–Crippen MR) is 58.3 cm³/mol. The topological polar surface area (TPSA) is 69.7 Å². The van der Waals surface area contributed by atoms with Crippen molar-refractivity contribution in [1.82, 2.24) is 4.90 Å². The minimum Gasteiger partial charge on any atom is -0.394 e. The lowest BCUT2D eigenvalue weighted by Crippen LogP contribution is -2.38. The molecule has 1 heterocycles. The van der Waals surface area contributed by atoms with Crippen molar-refractivity contribution >= 4 is 0 Å². The van der Waals surface area contributed by atoms with E-state index in [4.69, 9.17) is 10.8 Å². The molecule has 2 fully saturated rings. The molecule has 1 saturated heterocycles. The zero-order valence-corrected chi connectivity index (χ0v) is 9.18. The van der Waals surface area contributed by atoms with Gasteiger partial charge in [-0.1, -0.05) is 6.42 Å². The SMILES string of the molecule is NC1CCCC2CN(CC(O)CO)CC12. The lowest BCUT2D eigenvalue weighted by Gasteiger charge is -2.29. The van der Waals surface area contributed by atoms with Crippen LogP contribution in [0, 0.1) is 11.8 Å². The first kappa shape index (κ1) is 11.3. The van der Waals surface area contributed by atoms with E-state index in [-0.39, 0.29) is 6.61 Å². The van der Waals surface area contributed by atoms with Crippen LogP contribution in [0.5, 0.6) is 0 Å². The van der Waals surface area contributed by atoms with Crippen molar-refractivity contribution in [3.05, 3.63) is 0 Å². The molecule has 4 N–H and O–H groups in total. The maximum absolute atomic E-state index is 9.39. The van der Waals surface area contributed by atoms with E-state index in [2.05, 4.69) is 4.90 Å². The average Bonchev–Trinajstić information content (AvgIpc) is 2.62. The molecule has 88 valence electrons. The molecule has 0 aromatic heterocycles. The molecule has 1 saturated carbocycles. The van der Waals surface area contributed by atoms with E-state index >= 15 is 0 Å². The Morgan fingerprint density at radius 3 is 2.80 bits per heavy atom. The molecule has 4 unspecified atom stereocenters. The van der Waals surface area contributed by atoms with Crippen molar-refractivity contribution < 1.29 is 10.2 Å².